The Labute approximate surface area is 248 Å². The Morgan fingerprint density at radius 2 is 1.76 bits per heavy atom. The molecule has 1 aromatic heterocycles. The number of rotatable bonds is 13. The van der Waals surface area contributed by atoms with Gasteiger partial charge in [-0.1, -0.05) is 45.4 Å². The second-order valence-electron chi connectivity index (χ2n) is 9.46. The van der Waals surface area contributed by atoms with Gasteiger partial charge in [-0.3, -0.25) is 4.79 Å². The maximum atomic E-state index is 14.5. The van der Waals surface area contributed by atoms with Crippen LogP contribution in [0.25, 0.3) is 5.57 Å². The summed E-state index contributed by atoms with van der Waals surface area (Å²) in [5.41, 5.74) is 1.41. The van der Waals surface area contributed by atoms with E-state index in [1.54, 1.807) is 44.2 Å². The fraction of sp³-hybridized carbons (Fsp3) is 0.394. The van der Waals surface area contributed by atoms with Crippen molar-refractivity contribution in [1.29, 1.82) is 0 Å². The third-order valence-electron chi connectivity index (χ3n) is 6.45. The zero-order chi connectivity index (χ0) is 31.3. The number of halogens is 1. The molecule has 0 saturated heterocycles. The van der Waals surface area contributed by atoms with E-state index in [4.69, 9.17) is 24.3 Å². The first-order chi connectivity index (χ1) is 20.2. The van der Waals surface area contributed by atoms with E-state index in [2.05, 4.69) is 5.32 Å². The number of hydrogen-bond acceptors (Lipinski definition) is 7. The number of pyridine rings is 1. The van der Waals surface area contributed by atoms with E-state index in [-0.39, 0.29) is 25.6 Å². The van der Waals surface area contributed by atoms with Crippen molar-refractivity contribution in [3.05, 3.63) is 88.5 Å². The van der Waals surface area contributed by atoms with Crippen molar-refractivity contribution >= 4 is 11.5 Å². The molecule has 0 aliphatic carbocycles. The number of amides is 1. The SMILES string of the molecule is CC.CCC/C=C(\c1cccc(F)c1C)c1nc(C(C)(O)CNC(=O)c2ccc(OCCO)c(OC)c2)ccc1OC. The number of aliphatic hydroxyl groups excluding tert-OH is 1. The molecule has 0 aliphatic rings. The molecule has 0 aliphatic heterocycles. The molecule has 8 nitrogen and oxygen atoms in total. The minimum Gasteiger partial charge on any atom is -0.494 e. The second-order valence-corrected chi connectivity index (χ2v) is 9.46. The van der Waals surface area contributed by atoms with Gasteiger partial charge in [0.25, 0.3) is 5.91 Å². The van der Waals surface area contributed by atoms with E-state index >= 15 is 0 Å². The lowest BCUT2D eigenvalue weighted by molar-refractivity contribution is 0.0488. The van der Waals surface area contributed by atoms with Crippen LogP contribution in [0.15, 0.2) is 54.6 Å². The number of nitrogens with one attached hydrogen (secondary N) is 1. The van der Waals surface area contributed by atoms with E-state index in [0.717, 1.165) is 12.8 Å². The van der Waals surface area contributed by atoms with Gasteiger partial charge in [-0.15, -0.1) is 0 Å². The lowest BCUT2D eigenvalue weighted by Gasteiger charge is -2.25. The molecule has 1 amide bonds. The predicted molar refractivity (Wildman–Crippen MR) is 163 cm³/mol. The van der Waals surface area contributed by atoms with Crippen LogP contribution in [0.1, 0.15) is 73.4 Å². The van der Waals surface area contributed by atoms with Crippen molar-refractivity contribution in [3.63, 3.8) is 0 Å². The monoisotopic (exact) mass is 582 g/mol. The molecule has 3 rings (SSSR count). The van der Waals surface area contributed by atoms with Crippen LogP contribution >= 0.6 is 0 Å². The van der Waals surface area contributed by atoms with Gasteiger partial charge in [-0.25, -0.2) is 9.37 Å². The number of nitrogens with zero attached hydrogens (tertiary/aromatic N) is 1. The van der Waals surface area contributed by atoms with E-state index in [0.29, 0.717) is 50.9 Å². The first-order valence-electron chi connectivity index (χ1n) is 14.1. The maximum Gasteiger partial charge on any atom is 0.251 e. The molecule has 228 valence electrons. The van der Waals surface area contributed by atoms with Gasteiger partial charge in [0.1, 0.15) is 29.5 Å². The number of allylic oxidation sites excluding steroid dienone is 1. The van der Waals surface area contributed by atoms with Gasteiger partial charge >= 0.3 is 0 Å². The van der Waals surface area contributed by atoms with Crippen molar-refractivity contribution in [1.82, 2.24) is 10.3 Å². The average molecular weight is 583 g/mol. The summed E-state index contributed by atoms with van der Waals surface area (Å²) in [5.74, 6) is 0.461. The molecule has 0 radical (unpaired) electrons. The number of aromatic nitrogens is 1. The third-order valence-corrected chi connectivity index (χ3v) is 6.45. The highest BCUT2D eigenvalue weighted by molar-refractivity contribution is 5.95. The number of aliphatic hydroxyl groups is 2. The van der Waals surface area contributed by atoms with E-state index in [1.165, 1.54) is 26.4 Å². The lowest BCUT2D eigenvalue weighted by Crippen LogP contribution is -2.39. The lowest BCUT2D eigenvalue weighted by atomic mass is 9.94. The number of benzene rings is 2. The normalized spacial score (nSPS) is 12.5. The summed E-state index contributed by atoms with van der Waals surface area (Å²) in [5, 5.41) is 23.1. The first kappa shape index (κ1) is 34.3. The first-order valence-corrected chi connectivity index (χ1v) is 14.1. The highest BCUT2D eigenvalue weighted by Gasteiger charge is 2.28. The molecule has 0 bridgehead atoms. The molecule has 3 aromatic rings. The Bertz CT molecular complexity index is 1360. The van der Waals surface area contributed by atoms with Crippen LogP contribution in [-0.2, 0) is 5.60 Å². The van der Waals surface area contributed by atoms with Crippen molar-refractivity contribution in [2.45, 2.75) is 53.1 Å². The summed E-state index contributed by atoms with van der Waals surface area (Å²) in [6, 6.07) is 12.9. The number of carbonyl (C=O) groups is 1. The summed E-state index contributed by atoms with van der Waals surface area (Å²) in [7, 11) is 2.98. The minimum absolute atomic E-state index is 0.0930. The van der Waals surface area contributed by atoms with Crippen LogP contribution in [-0.4, -0.2) is 55.1 Å². The van der Waals surface area contributed by atoms with Gasteiger partial charge in [-0.05, 0) is 67.8 Å². The molecule has 0 spiro atoms. The van der Waals surface area contributed by atoms with Crippen molar-refractivity contribution in [2.75, 3.05) is 34.0 Å². The molecule has 2 aromatic carbocycles. The summed E-state index contributed by atoms with van der Waals surface area (Å²) < 4.78 is 30.8. The van der Waals surface area contributed by atoms with E-state index < -0.39 is 11.5 Å². The summed E-state index contributed by atoms with van der Waals surface area (Å²) in [4.78, 5) is 17.7. The van der Waals surface area contributed by atoms with E-state index in [1.807, 2.05) is 32.9 Å². The molecular formula is C33H43FN2O6. The Kier molecular flexibility index (Phi) is 13.4. The predicted octanol–water partition coefficient (Wildman–Crippen LogP) is 5.81. The van der Waals surface area contributed by atoms with Crippen molar-refractivity contribution in [3.8, 4) is 17.2 Å². The molecular weight excluding hydrogens is 539 g/mol. The number of ether oxygens (including phenoxy) is 3. The van der Waals surface area contributed by atoms with Gasteiger partial charge < -0.3 is 29.7 Å². The van der Waals surface area contributed by atoms with Gasteiger partial charge in [0.05, 0.1) is 33.1 Å². The highest BCUT2D eigenvalue weighted by Crippen LogP contribution is 2.34. The van der Waals surface area contributed by atoms with Crippen LogP contribution in [0.2, 0.25) is 0 Å². The average Bonchev–Trinajstić information content (AvgIpc) is 3.01. The van der Waals surface area contributed by atoms with Gasteiger partial charge in [-0.2, -0.15) is 0 Å². The van der Waals surface area contributed by atoms with Crippen LogP contribution in [0.5, 0.6) is 17.2 Å². The van der Waals surface area contributed by atoms with Gasteiger partial charge in [0.15, 0.2) is 11.5 Å². The molecule has 3 N–H and O–H groups in total. The Morgan fingerprint density at radius 1 is 1.07 bits per heavy atom. The fourth-order valence-electron chi connectivity index (χ4n) is 4.15. The number of methoxy groups -OCH3 is 2. The fourth-order valence-corrected chi connectivity index (χ4v) is 4.15. The minimum atomic E-state index is -1.54. The molecule has 0 fully saturated rings. The molecule has 1 atom stereocenters. The maximum absolute atomic E-state index is 14.5. The molecule has 1 unspecified atom stereocenters. The highest BCUT2D eigenvalue weighted by atomic mass is 19.1. The summed E-state index contributed by atoms with van der Waals surface area (Å²) in [6.07, 6.45) is 3.61. The zero-order valence-electron chi connectivity index (χ0n) is 25.6. The molecule has 0 saturated carbocycles. The smallest absolute Gasteiger partial charge is 0.251 e. The second kappa shape index (κ2) is 16.5. The number of unbranched alkanes of at least 4 members (excludes halogenated alkanes) is 1. The Morgan fingerprint density at radius 3 is 2.40 bits per heavy atom. The van der Waals surface area contributed by atoms with E-state index in [9.17, 15) is 14.3 Å². The quantitative estimate of drug-likeness (QED) is 0.233. The van der Waals surface area contributed by atoms with Crippen molar-refractivity contribution < 1.29 is 33.6 Å². The zero-order valence-corrected chi connectivity index (χ0v) is 25.6. The largest absolute Gasteiger partial charge is 0.494 e. The van der Waals surface area contributed by atoms with Gasteiger partial charge in [0.2, 0.25) is 0 Å². The van der Waals surface area contributed by atoms with Crippen LogP contribution in [0.4, 0.5) is 4.39 Å². The molecule has 9 heteroatoms. The number of hydrogen-bond donors (Lipinski definition) is 3. The van der Waals surface area contributed by atoms with Crippen LogP contribution < -0.4 is 19.5 Å². The summed E-state index contributed by atoms with van der Waals surface area (Å²) in [6.45, 7) is 9.12. The third kappa shape index (κ3) is 8.53. The standard InChI is InChI=1S/C31H37FN2O6.C2H6/c1-6-7-9-23(22-10-8-11-24(32)20(22)2)29-26(38-4)14-15-28(34-29)31(3,37)19-33-30(36)21-12-13-25(40-17-16-35)27(18-21)39-5;1-2/h8-15,18,35,37H,6-7,16-17,19H2,1-5H3,(H,33,36);1-2H3/b23-9+;. The topological polar surface area (TPSA) is 110 Å². The summed E-state index contributed by atoms with van der Waals surface area (Å²) >= 11 is 0. The van der Waals surface area contributed by atoms with Gasteiger partial charge in [0, 0.05) is 11.1 Å². The van der Waals surface area contributed by atoms with Crippen molar-refractivity contribution in [2.24, 2.45) is 0 Å². The molecule has 1 heterocycles. The number of carbonyl (C=O) groups excluding carboxylic acids is 1. The van der Waals surface area contributed by atoms with Crippen LogP contribution in [0, 0.1) is 12.7 Å². The molecule has 42 heavy (non-hydrogen) atoms. The van der Waals surface area contributed by atoms with Crippen LogP contribution in [0.3, 0.4) is 0 Å². The Hall–Kier alpha value is -3.95. The Balaban J connectivity index is 0.00000301.